The van der Waals surface area contributed by atoms with Crippen LogP contribution < -0.4 is 0 Å². The average molecular weight is 147 g/mol. The van der Waals surface area contributed by atoms with E-state index in [2.05, 4.69) is 0 Å². The van der Waals surface area contributed by atoms with Crippen molar-refractivity contribution in [3.05, 3.63) is 0 Å². The van der Waals surface area contributed by atoms with Crippen LogP contribution in [0.5, 0.6) is 0 Å². The van der Waals surface area contributed by atoms with Crippen molar-refractivity contribution in [1.29, 1.82) is 0 Å². The van der Waals surface area contributed by atoms with Crippen LogP contribution in [0.1, 0.15) is 0 Å². The Bertz CT molecular complexity index is 9.61. The second kappa shape index (κ2) is 32.1. The summed E-state index contributed by atoms with van der Waals surface area (Å²) in [4.78, 5) is 0. The Morgan fingerprint density at radius 1 is 0.800 bits per heavy atom. The van der Waals surface area contributed by atoms with E-state index in [-0.39, 0.29) is 87.8 Å². The van der Waals surface area contributed by atoms with Gasteiger partial charge in [0.05, 0.1) is 0 Å². The van der Waals surface area contributed by atoms with Gasteiger partial charge in [0.25, 0.3) is 0 Å². The minimum absolute atomic E-state index is 0. The van der Waals surface area contributed by atoms with Crippen molar-refractivity contribution < 1.29 is 32.7 Å². The molecule has 0 heterocycles. The Morgan fingerprint density at radius 3 is 0.800 bits per heavy atom. The molecule has 5 heavy (non-hydrogen) atoms. The van der Waals surface area contributed by atoms with E-state index in [0.29, 0.717) is 0 Å². The molecule has 0 saturated heterocycles. The van der Waals surface area contributed by atoms with E-state index < -0.39 is 0 Å². The van der Waals surface area contributed by atoms with Crippen LogP contribution in [0.3, 0.4) is 0 Å². The van der Waals surface area contributed by atoms with Gasteiger partial charge in [0.1, 0.15) is 0 Å². The van der Waals surface area contributed by atoms with Gasteiger partial charge in [-0.05, 0) is 0 Å². The molecule has 5 heteroatoms. The minimum Gasteiger partial charge on any atom is -2.00 e. The van der Waals surface area contributed by atoms with E-state index >= 15 is 0 Å². The molecule has 16 valence electrons. The first-order valence-electron chi connectivity index (χ1n) is 0. The van der Waals surface area contributed by atoms with Crippen LogP contribution in [0.15, 0.2) is 0 Å². The third kappa shape index (κ3) is 21.4. The molecule has 0 aliphatic rings. The zero-order chi connectivity index (χ0) is 0. The SMILES string of the molecule is [Al+3].[Ca+2].[O-2].[O-2].[Ti+4]. The molecule has 0 bridgehead atoms. The molecular formula is AlCaO2Ti+5. The Kier molecular flexibility index (Phi) is 335. The predicted molar refractivity (Wildman–Crippen MR) is 12.9 cm³/mol. The maximum atomic E-state index is 0. The fourth-order valence-corrected chi connectivity index (χ4v) is 0. The van der Waals surface area contributed by atoms with Crippen LogP contribution >= 0.6 is 0 Å². The molecule has 0 aromatic heterocycles. The molecule has 0 unspecified atom stereocenters. The number of rotatable bonds is 0. The summed E-state index contributed by atoms with van der Waals surface area (Å²) in [6.07, 6.45) is 0. The van der Waals surface area contributed by atoms with Crippen LogP contribution in [0.4, 0.5) is 0 Å². The van der Waals surface area contributed by atoms with Crippen molar-refractivity contribution in [3.8, 4) is 0 Å². The fourth-order valence-electron chi connectivity index (χ4n) is 0. The second-order valence-corrected chi connectivity index (χ2v) is 0. The van der Waals surface area contributed by atoms with E-state index in [1.165, 1.54) is 0 Å². The van der Waals surface area contributed by atoms with Crippen LogP contribution in [0.25, 0.3) is 0 Å². The van der Waals surface area contributed by atoms with Gasteiger partial charge in [0.2, 0.25) is 0 Å². The topological polar surface area (TPSA) is 57.0 Å². The van der Waals surface area contributed by atoms with Crippen molar-refractivity contribution in [2.75, 3.05) is 0 Å². The fraction of sp³-hybridized carbons (Fsp3) is 0. The van der Waals surface area contributed by atoms with Gasteiger partial charge in [0.15, 0.2) is 0 Å². The quantitative estimate of drug-likeness (QED) is 0.394. The van der Waals surface area contributed by atoms with E-state index in [1.54, 1.807) is 0 Å². The molecule has 0 aliphatic heterocycles. The van der Waals surface area contributed by atoms with Gasteiger partial charge < -0.3 is 11.0 Å². The Labute approximate surface area is 86.3 Å². The molecule has 0 atom stereocenters. The van der Waals surface area contributed by atoms with Gasteiger partial charge in [-0.3, -0.25) is 0 Å². The molecule has 0 aromatic carbocycles. The van der Waals surface area contributed by atoms with E-state index in [4.69, 9.17) is 0 Å². The maximum absolute atomic E-state index is 0. The first kappa shape index (κ1) is 52.1. The molecule has 0 saturated carbocycles. The molecule has 0 fully saturated rings. The smallest absolute Gasteiger partial charge is 2.00 e. The molecule has 0 radical (unpaired) electrons. The van der Waals surface area contributed by atoms with Gasteiger partial charge in [-0.25, -0.2) is 0 Å². The largest absolute Gasteiger partial charge is 4.00 e. The van der Waals surface area contributed by atoms with Crippen LogP contribution in [-0.2, 0) is 32.7 Å². The molecule has 0 amide bonds. The average Bonchev–Trinajstić information content (AvgIpc) is 0. The third-order valence-electron chi connectivity index (χ3n) is 0. The number of hydrogen-bond donors (Lipinski definition) is 0. The molecule has 0 aromatic rings. The molecule has 0 spiro atoms. The van der Waals surface area contributed by atoms with Crippen LogP contribution in [0.2, 0.25) is 0 Å². The Morgan fingerprint density at radius 2 is 0.800 bits per heavy atom. The Hall–Kier alpha value is 2.43. The molecule has 2 nitrogen and oxygen atoms in total. The predicted octanol–water partition coefficient (Wildman–Crippen LogP) is -1.00. The van der Waals surface area contributed by atoms with Crippen molar-refractivity contribution in [2.24, 2.45) is 0 Å². The summed E-state index contributed by atoms with van der Waals surface area (Å²) in [7, 11) is 0. The third-order valence-corrected chi connectivity index (χ3v) is 0. The zero-order valence-electron chi connectivity index (χ0n) is 2.60. The van der Waals surface area contributed by atoms with Gasteiger partial charge >= 0.3 is 76.8 Å². The maximum Gasteiger partial charge on any atom is 4.00 e. The van der Waals surface area contributed by atoms with E-state index in [9.17, 15) is 0 Å². The summed E-state index contributed by atoms with van der Waals surface area (Å²) < 4.78 is 0. The van der Waals surface area contributed by atoms with E-state index in [1.807, 2.05) is 0 Å². The van der Waals surface area contributed by atoms with Gasteiger partial charge in [-0.15, -0.1) is 0 Å². The summed E-state index contributed by atoms with van der Waals surface area (Å²) in [6, 6.07) is 0. The van der Waals surface area contributed by atoms with Gasteiger partial charge in [-0.2, -0.15) is 0 Å². The van der Waals surface area contributed by atoms with Crippen molar-refractivity contribution in [2.45, 2.75) is 0 Å². The zero-order valence-corrected chi connectivity index (χ0v) is 7.53. The summed E-state index contributed by atoms with van der Waals surface area (Å²) in [5.74, 6) is 0. The van der Waals surface area contributed by atoms with E-state index in [0.717, 1.165) is 0 Å². The summed E-state index contributed by atoms with van der Waals surface area (Å²) in [6.45, 7) is 0. The minimum atomic E-state index is 0. The summed E-state index contributed by atoms with van der Waals surface area (Å²) in [5, 5.41) is 0. The normalized spacial score (nSPS) is 0. The van der Waals surface area contributed by atoms with Crippen molar-refractivity contribution in [3.63, 3.8) is 0 Å². The Balaban J connectivity index is 0. The first-order chi connectivity index (χ1) is 0. The summed E-state index contributed by atoms with van der Waals surface area (Å²) in [5.41, 5.74) is 0. The van der Waals surface area contributed by atoms with Gasteiger partial charge in [0, 0.05) is 0 Å². The molecule has 0 rings (SSSR count). The summed E-state index contributed by atoms with van der Waals surface area (Å²) >= 11 is 0. The van der Waals surface area contributed by atoms with Crippen molar-refractivity contribution in [1.82, 2.24) is 0 Å². The first-order valence-corrected chi connectivity index (χ1v) is 0. The monoisotopic (exact) mass is 147 g/mol. The second-order valence-electron chi connectivity index (χ2n) is 0. The van der Waals surface area contributed by atoms with Crippen LogP contribution in [-0.4, -0.2) is 55.1 Å². The van der Waals surface area contributed by atoms with Gasteiger partial charge in [-0.1, -0.05) is 0 Å². The molecule has 0 N–H and O–H groups in total. The number of hydrogen-bond acceptors (Lipinski definition) is 0. The molecule has 0 aliphatic carbocycles. The standard InChI is InChI=1S/Al.Ca.2O.Ti/q+3;+2;2*-2;+4. The van der Waals surface area contributed by atoms with Crippen LogP contribution in [0, 0.1) is 0 Å². The molecular weight excluding hydrogens is 147 g/mol. The van der Waals surface area contributed by atoms with Crippen molar-refractivity contribution >= 4 is 55.1 Å².